The minimum atomic E-state index is -2.38. The number of aromatic nitrogens is 4. The Labute approximate surface area is 374 Å². The summed E-state index contributed by atoms with van der Waals surface area (Å²) in [5, 5.41) is 2.82. The van der Waals surface area contributed by atoms with Crippen molar-refractivity contribution in [3.63, 3.8) is 0 Å². The molecule has 0 amide bonds. The smallest absolute Gasteiger partial charge is 0.216 e. The van der Waals surface area contributed by atoms with Crippen molar-refractivity contribution < 1.29 is 35.5 Å². The molecule has 9 rings (SSSR count). The Morgan fingerprint density at radius 1 is 0.729 bits per heavy atom. The molecule has 0 atom stereocenters. The van der Waals surface area contributed by atoms with Crippen molar-refractivity contribution >= 4 is 46.4 Å². The summed E-state index contributed by atoms with van der Waals surface area (Å²) in [6.45, 7) is 10.0. The van der Waals surface area contributed by atoms with Gasteiger partial charge in [-0.05, 0) is 95.4 Å². The van der Waals surface area contributed by atoms with E-state index in [2.05, 4.69) is 78.1 Å². The van der Waals surface area contributed by atoms with Gasteiger partial charge >= 0.3 is 0 Å². The van der Waals surface area contributed by atoms with Crippen molar-refractivity contribution in [2.75, 3.05) is 0 Å². The topological polar surface area (TPSA) is 56.7 Å². The number of furan rings is 1. The summed E-state index contributed by atoms with van der Waals surface area (Å²) in [6.07, 6.45) is 1.39. The zero-order valence-electron chi connectivity index (χ0n) is 42.2. The second kappa shape index (κ2) is 17.0. The average molecular weight is 975 g/mol. The monoisotopic (exact) mass is 975 g/mol. The van der Waals surface area contributed by atoms with Gasteiger partial charge in [-0.3, -0.25) is 4.98 Å². The number of pyridine rings is 2. The molecule has 0 saturated heterocycles. The van der Waals surface area contributed by atoms with Crippen molar-refractivity contribution in [2.45, 2.75) is 72.8 Å². The fourth-order valence-corrected chi connectivity index (χ4v) is 8.45. The predicted molar refractivity (Wildman–Crippen MR) is 245 cm³/mol. The normalized spacial score (nSPS) is 14.4. The second-order valence-corrected chi connectivity index (χ2v) is 21.0. The van der Waals surface area contributed by atoms with Crippen LogP contribution in [0.5, 0.6) is 0 Å². The number of para-hydroxylation sites is 2. The number of nitrogens with zero attached hydrogens (tertiary/aromatic N) is 4. The average Bonchev–Trinajstić information content (AvgIpc) is 3.83. The van der Waals surface area contributed by atoms with Gasteiger partial charge < -0.3 is 14.0 Å². The summed E-state index contributed by atoms with van der Waals surface area (Å²) in [5.74, 6) is -1.58. The van der Waals surface area contributed by atoms with Gasteiger partial charge in [0.15, 0.2) is 0 Å². The van der Waals surface area contributed by atoms with E-state index in [0.29, 0.717) is 22.4 Å². The Hall–Kier alpha value is -5.46. The molecule has 0 aliphatic carbocycles. The van der Waals surface area contributed by atoms with Gasteiger partial charge in [-0.25, -0.2) is 4.98 Å². The van der Waals surface area contributed by atoms with Gasteiger partial charge in [-0.15, -0.1) is 54.1 Å². The Balaban J connectivity index is 0.000000331. The third kappa shape index (κ3) is 8.38. The number of benzene rings is 5. The summed E-state index contributed by atoms with van der Waals surface area (Å²) in [5.41, 5.74) is 8.85. The summed E-state index contributed by atoms with van der Waals surface area (Å²) in [4.78, 5) is 13.6. The van der Waals surface area contributed by atoms with E-state index >= 15 is 0 Å². The Bertz CT molecular complexity index is 3180. The first kappa shape index (κ1) is 32.4. The molecule has 0 aliphatic heterocycles. The van der Waals surface area contributed by atoms with Gasteiger partial charge in [0, 0.05) is 54.0 Å². The van der Waals surface area contributed by atoms with Gasteiger partial charge in [-0.2, -0.15) is 0 Å². The van der Waals surface area contributed by atoms with Crippen molar-refractivity contribution in [3.05, 3.63) is 162 Å². The molecule has 5 aromatic carbocycles. The van der Waals surface area contributed by atoms with Crippen LogP contribution in [-0.4, -0.2) is 27.6 Å². The maximum atomic E-state index is 9.48. The summed E-state index contributed by atoms with van der Waals surface area (Å²) >= 11 is 0. The van der Waals surface area contributed by atoms with E-state index in [0.717, 1.165) is 55.6 Å². The van der Waals surface area contributed by atoms with E-state index in [1.54, 1.807) is 24.3 Å². The first-order valence-corrected chi connectivity index (χ1v) is 22.9. The minimum Gasteiger partial charge on any atom is -0.486 e. The van der Waals surface area contributed by atoms with Gasteiger partial charge in [0.25, 0.3) is 0 Å². The van der Waals surface area contributed by atoms with Gasteiger partial charge in [0.2, 0.25) is 5.71 Å². The number of rotatable bonds is 7. The third-order valence-electron chi connectivity index (χ3n) is 10.3. The number of fused-ring (bicyclic) bond motifs is 4. The SMILES string of the molecule is [2H]C([2H])([2H])c1ccc(-c2[c-]cccc2)nc1.[2H]C([2H])([2H])c1ccc2c(n1)oc1c(-c3nc4ccccc4n3-c3c(C([2H])(C)C)cc(-c4ccc([Si](C)(C)C)cc4)cc3C([2H])(C)C)[c-]ccc12.[Ir]. The van der Waals surface area contributed by atoms with Crippen molar-refractivity contribution in [1.82, 2.24) is 19.5 Å². The Kier molecular flexibility index (Phi) is 9.35. The van der Waals surface area contributed by atoms with Gasteiger partial charge in [-0.1, -0.05) is 112 Å². The van der Waals surface area contributed by atoms with Crippen molar-refractivity contribution in [1.29, 1.82) is 0 Å². The Morgan fingerprint density at radius 3 is 2.12 bits per heavy atom. The molecule has 0 spiro atoms. The second-order valence-electron chi connectivity index (χ2n) is 16.0. The molecule has 59 heavy (non-hydrogen) atoms. The molecule has 4 aromatic heterocycles. The van der Waals surface area contributed by atoms with Crippen LogP contribution < -0.4 is 5.19 Å². The van der Waals surface area contributed by atoms with Crippen LogP contribution in [-0.2, 0) is 20.1 Å². The van der Waals surface area contributed by atoms with E-state index in [-0.39, 0.29) is 37.1 Å². The van der Waals surface area contributed by atoms with E-state index < -0.39 is 33.6 Å². The molecule has 0 bridgehead atoms. The number of hydrogen-bond acceptors (Lipinski definition) is 4. The fourth-order valence-electron chi connectivity index (χ4n) is 7.28. The van der Waals surface area contributed by atoms with E-state index in [9.17, 15) is 2.74 Å². The molecular formula is C52H50IrN4OSi-2. The van der Waals surface area contributed by atoms with Crippen LogP contribution in [0.4, 0.5) is 0 Å². The maximum Gasteiger partial charge on any atom is 0.216 e. The molecule has 7 heteroatoms. The molecule has 4 heterocycles. The largest absolute Gasteiger partial charge is 0.486 e. The van der Waals surface area contributed by atoms with E-state index in [1.165, 1.54) is 17.4 Å². The molecule has 299 valence electrons. The first-order valence-electron chi connectivity index (χ1n) is 23.4. The predicted octanol–water partition coefficient (Wildman–Crippen LogP) is 13.4. The minimum absolute atomic E-state index is 0. The van der Waals surface area contributed by atoms with Crippen LogP contribution in [0.3, 0.4) is 0 Å². The van der Waals surface area contributed by atoms with Crippen LogP contribution in [0.25, 0.3) is 72.6 Å². The molecule has 0 N–H and O–H groups in total. The van der Waals surface area contributed by atoms with Crippen molar-refractivity contribution in [2.24, 2.45) is 0 Å². The quantitative estimate of drug-likeness (QED) is 0.118. The number of aryl methyl sites for hydroxylation is 2. The summed E-state index contributed by atoms with van der Waals surface area (Å²) in [6, 6.07) is 44.9. The van der Waals surface area contributed by atoms with Crippen LogP contribution in [0.2, 0.25) is 19.6 Å². The van der Waals surface area contributed by atoms with E-state index in [1.807, 2.05) is 86.9 Å². The Morgan fingerprint density at radius 2 is 1.47 bits per heavy atom. The molecule has 0 unspecified atom stereocenters. The maximum absolute atomic E-state index is 9.48. The molecule has 1 radical (unpaired) electrons. The molecule has 0 fully saturated rings. The van der Waals surface area contributed by atoms with Crippen molar-refractivity contribution in [3.8, 4) is 39.5 Å². The molecule has 9 aromatic rings. The molecule has 5 nitrogen and oxygen atoms in total. The van der Waals surface area contributed by atoms with Crippen LogP contribution in [0.15, 0.2) is 132 Å². The van der Waals surface area contributed by atoms with Gasteiger partial charge in [0.1, 0.15) is 0 Å². The zero-order chi connectivity index (χ0) is 47.6. The summed E-state index contributed by atoms with van der Waals surface area (Å²) < 4.78 is 72.7. The zero-order valence-corrected chi connectivity index (χ0v) is 37.5. The van der Waals surface area contributed by atoms with Gasteiger partial charge in [0.05, 0.1) is 30.5 Å². The first-order chi connectivity index (χ1) is 30.9. The van der Waals surface area contributed by atoms with Crippen LogP contribution in [0, 0.1) is 25.8 Å². The number of hydrogen-bond donors (Lipinski definition) is 0. The summed E-state index contributed by atoms with van der Waals surface area (Å²) in [7, 11) is -1.50. The number of imidazole rings is 1. The molecule has 0 aliphatic rings. The molecular weight excluding hydrogens is 917 g/mol. The van der Waals surface area contributed by atoms with Crippen LogP contribution in [0.1, 0.15) is 72.8 Å². The molecule has 0 saturated carbocycles. The van der Waals surface area contributed by atoms with E-state index in [4.69, 9.17) is 17.6 Å². The third-order valence-corrected chi connectivity index (χ3v) is 12.4. The van der Waals surface area contributed by atoms with Crippen LogP contribution >= 0.6 is 0 Å². The fraction of sp³-hybridized carbons (Fsp3) is 0.212. The standard InChI is InChI=1S/C40H40N3OSi.C12H10N.Ir/c1-24(2)33-22-28(27-17-19-29(20-18-27)45(6,7)8)23-34(25(3)4)37(33)43-36-15-10-9-14-35(36)42-39(43)32-13-11-12-30-31-21-16-26(5)41-40(31)44-38(30)32;1-10-7-8-12(13-9-10)11-5-3-2-4-6-11;/h9-12,14-25H,1-8H3;2-5,7-9H,1H3;/q2*-1;/i5D3,24D,25D;1D3;.